The van der Waals surface area contributed by atoms with E-state index in [0.717, 1.165) is 19.3 Å². The molecule has 2 aliphatic rings. The van der Waals surface area contributed by atoms with Crippen molar-refractivity contribution in [3.63, 3.8) is 0 Å². The summed E-state index contributed by atoms with van der Waals surface area (Å²) >= 11 is 0. The van der Waals surface area contributed by atoms with Gasteiger partial charge >= 0.3 is 5.97 Å². The molecule has 0 bridgehead atoms. The summed E-state index contributed by atoms with van der Waals surface area (Å²) < 4.78 is 4.66. The van der Waals surface area contributed by atoms with Gasteiger partial charge in [-0.2, -0.15) is 0 Å². The number of piperidine rings is 1. The van der Waals surface area contributed by atoms with E-state index in [4.69, 9.17) is 0 Å². The Kier molecular flexibility index (Phi) is 5.98. The van der Waals surface area contributed by atoms with E-state index in [1.165, 1.54) is 7.11 Å². The first kappa shape index (κ1) is 17.7. The van der Waals surface area contributed by atoms with Crippen molar-refractivity contribution in [2.75, 3.05) is 26.7 Å². The van der Waals surface area contributed by atoms with Gasteiger partial charge in [-0.1, -0.05) is 0 Å². The molecule has 2 heterocycles. The fourth-order valence-corrected chi connectivity index (χ4v) is 3.58. The van der Waals surface area contributed by atoms with Gasteiger partial charge in [0.15, 0.2) is 0 Å². The average molecular weight is 325 g/mol. The van der Waals surface area contributed by atoms with Gasteiger partial charge in [0.1, 0.15) is 6.04 Å². The van der Waals surface area contributed by atoms with Gasteiger partial charge in [-0.25, -0.2) is 0 Å². The van der Waals surface area contributed by atoms with E-state index >= 15 is 0 Å². The Balaban J connectivity index is 2.04. The Labute approximate surface area is 137 Å². The van der Waals surface area contributed by atoms with Gasteiger partial charge in [0.25, 0.3) is 0 Å². The molecule has 0 unspecified atom stereocenters. The topological polar surface area (TPSA) is 79.0 Å². The second kappa shape index (κ2) is 7.77. The first-order valence-electron chi connectivity index (χ1n) is 8.33. The number of hydrogen-bond acceptors (Lipinski definition) is 5. The Morgan fingerprint density at radius 3 is 2.52 bits per heavy atom. The van der Waals surface area contributed by atoms with Crippen LogP contribution >= 0.6 is 0 Å². The van der Waals surface area contributed by atoms with Crippen molar-refractivity contribution >= 4 is 17.8 Å². The van der Waals surface area contributed by atoms with E-state index in [9.17, 15) is 14.4 Å². The Bertz CT molecular complexity index is 458. The van der Waals surface area contributed by atoms with Crippen LogP contribution < -0.4 is 5.32 Å². The predicted octanol–water partition coefficient (Wildman–Crippen LogP) is 0.139. The highest BCUT2D eigenvalue weighted by Crippen LogP contribution is 2.23. The molecular formula is C16H27N3O4. The zero-order valence-corrected chi connectivity index (χ0v) is 14.2. The molecule has 7 heteroatoms. The molecule has 3 atom stereocenters. The van der Waals surface area contributed by atoms with E-state index in [-0.39, 0.29) is 36.9 Å². The summed E-state index contributed by atoms with van der Waals surface area (Å²) in [5.74, 6) is -0.618. The number of ether oxygens (including phenoxy) is 1. The van der Waals surface area contributed by atoms with E-state index < -0.39 is 12.0 Å². The first-order chi connectivity index (χ1) is 10.9. The SMILES string of the molecule is COC(=O)C[C@H]1C(=O)NCCN1CC(=O)N1[C@H](C)CCC[C@@H]1C. The summed E-state index contributed by atoms with van der Waals surface area (Å²) in [7, 11) is 1.30. The van der Waals surface area contributed by atoms with Gasteiger partial charge in [-0.3, -0.25) is 19.3 Å². The smallest absolute Gasteiger partial charge is 0.307 e. The molecule has 0 aromatic carbocycles. The largest absolute Gasteiger partial charge is 0.469 e. The third-order valence-corrected chi connectivity index (χ3v) is 4.85. The molecule has 0 saturated carbocycles. The van der Waals surface area contributed by atoms with Gasteiger partial charge < -0.3 is 15.0 Å². The third-order valence-electron chi connectivity index (χ3n) is 4.85. The maximum Gasteiger partial charge on any atom is 0.307 e. The third kappa shape index (κ3) is 4.22. The molecule has 0 aromatic rings. The van der Waals surface area contributed by atoms with Crippen LogP contribution in [0.3, 0.4) is 0 Å². The molecule has 2 saturated heterocycles. The van der Waals surface area contributed by atoms with Gasteiger partial charge in [-0.15, -0.1) is 0 Å². The molecule has 0 radical (unpaired) electrons. The minimum Gasteiger partial charge on any atom is -0.469 e. The molecular weight excluding hydrogens is 298 g/mol. The lowest BCUT2D eigenvalue weighted by Gasteiger charge is -2.41. The molecule has 130 valence electrons. The van der Waals surface area contributed by atoms with Gasteiger partial charge in [0, 0.05) is 25.2 Å². The summed E-state index contributed by atoms with van der Waals surface area (Å²) in [5, 5.41) is 2.75. The number of piperazine rings is 1. The second-order valence-electron chi connectivity index (χ2n) is 6.49. The van der Waals surface area contributed by atoms with Crippen molar-refractivity contribution in [1.29, 1.82) is 0 Å². The van der Waals surface area contributed by atoms with Crippen LogP contribution in [0.4, 0.5) is 0 Å². The minimum absolute atomic E-state index is 0.0271. The number of hydrogen-bond donors (Lipinski definition) is 1. The zero-order chi connectivity index (χ0) is 17.0. The summed E-state index contributed by atoms with van der Waals surface area (Å²) in [6, 6.07) is -0.177. The standard InChI is InChI=1S/C16H27N3O4/c1-11-5-4-6-12(2)19(11)14(20)10-18-8-7-17-16(22)13(18)9-15(21)23-3/h11-13H,4-10H2,1-3H3,(H,17,22)/t11-,12+,13-/m0/s1. The summed E-state index contributed by atoms with van der Waals surface area (Å²) in [6.45, 7) is 5.37. The van der Waals surface area contributed by atoms with Crippen molar-refractivity contribution < 1.29 is 19.1 Å². The minimum atomic E-state index is -0.629. The van der Waals surface area contributed by atoms with E-state index in [2.05, 4.69) is 23.9 Å². The molecule has 2 amide bonds. The van der Waals surface area contributed by atoms with Crippen LogP contribution in [-0.4, -0.2) is 72.5 Å². The van der Waals surface area contributed by atoms with Gasteiger partial charge in [0.2, 0.25) is 11.8 Å². The maximum absolute atomic E-state index is 12.7. The van der Waals surface area contributed by atoms with Crippen LogP contribution in [0, 0.1) is 0 Å². The van der Waals surface area contributed by atoms with Crippen molar-refractivity contribution in [2.45, 2.75) is 57.7 Å². The predicted molar refractivity (Wildman–Crippen MR) is 84.6 cm³/mol. The van der Waals surface area contributed by atoms with Crippen molar-refractivity contribution in [3.05, 3.63) is 0 Å². The lowest BCUT2D eigenvalue weighted by Crippen LogP contribution is -2.59. The average Bonchev–Trinajstić information content (AvgIpc) is 2.50. The van der Waals surface area contributed by atoms with Crippen LogP contribution in [0.25, 0.3) is 0 Å². The van der Waals surface area contributed by atoms with Gasteiger partial charge in [0.05, 0.1) is 20.1 Å². The second-order valence-corrected chi connectivity index (χ2v) is 6.49. The summed E-state index contributed by atoms with van der Waals surface area (Å²) in [5.41, 5.74) is 0. The van der Waals surface area contributed by atoms with Gasteiger partial charge in [-0.05, 0) is 33.1 Å². The molecule has 7 nitrogen and oxygen atoms in total. The number of likely N-dealkylation sites (tertiary alicyclic amines) is 1. The first-order valence-corrected chi connectivity index (χ1v) is 8.33. The molecule has 2 fully saturated rings. The summed E-state index contributed by atoms with van der Waals surface area (Å²) in [4.78, 5) is 40.1. The Morgan fingerprint density at radius 2 is 1.91 bits per heavy atom. The number of carbonyl (C=O) groups excluding carboxylic acids is 3. The molecule has 1 N–H and O–H groups in total. The molecule has 0 spiro atoms. The fourth-order valence-electron chi connectivity index (χ4n) is 3.58. The Morgan fingerprint density at radius 1 is 1.26 bits per heavy atom. The van der Waals surface area contributed by atoms with E-state index in [0.29, 0.717) is 13.1 Å². The highest BCUT2D eigenvalue weighted by molar-refractivity contribution is 5.88. The molecule has 0 aliphatic carbocycles. The molecule has 0 aromatic heterocycles. The zero-order valence-electron chi connectivity index (χ0n) is 14.2. The number of esters is 1. The molecule has 2 aliphatic heterocycles. The van der Waals surface area contributed by atoms with E-state index in [1.54, 1.807) is 4.90 Å². The van der Waals surface area contributed by atoms with E-state index in [1.807, 2.05) is 4.90 Å². The molecule has 2 rings (SSSR count). The number of methoxy groups -OCH3 is 1. The van der Waals surface area contributed by atoms with Crippen LogP contribution in [0.2, 0.25) is 0 Å². The number of nitrogens with one attached hydrogen (secondary N) is 1. The normalized spacial score (nSPS) is 29.1. The van der Waals surface area contributed by atoms with Crippen molar-refractivity contribution in [3.8, 4) is 0 Å². The van der Waals surface area contributed by atoms with Crippen LogP contribution in [-0.2, 0) is 19.1 Å². The quantitative estimate of drug-likeness (QED) is 0.744. The monoisotopic (exact) mass is 325 g/mol. The Hall–Kier alpha value is -1.63. The van der Waals surface area contributed by atoms with Crippen LogP contribution in [0.1, 0.15) is 39.5 Å². The van der Waals surface area contributed by atoms with Crippen LogP contribution in [0.15, 0.2) is 0 Å². The lowest BCUT2D eigenvalue weighted by molar-refractivity contribution is -0.148. The van der Waals surface area contributed by atoms with Crippen LogP contribution in [0.5, 0.6) is 0 Å². The fraction of sp³-hybridized carbons (Fsp3) is 0.812. The highest BCUT2D eigenvalue weighted by Gasteiger charge is 2.36. The number of rotatable bonds is 4. The van der Waals surface area contributed by atoms with Crippen molar-refractivity contribution in [2.24, 2.45) is 0 Å². The highest BCUT2D eigenvalue weighted by atomic mass is 16.5. The summed E-state index contributed by atoms with van der Waals surface area (Å²) in [6.07, 6.45) is 3.15. The maximum atomic E-state index is 12.7. The van der Waals surface area contributed by atoms with Crippen molar-refractivity contribution in [1.82, 2.24) is 15.1 Å². The number of amides is 2. The molecule has 23 heavy (non-hydrogen) atoms. The number of carbonyl (C=O) groups is 3. The lowest BCUT2D eigenvalue weighted by atomic mass is 9.97. The number of nitrogens with zero attached hydrogens (tertiary/aromatic N) is 2.